The van der Waals surface area contributed by atoms with E-state index >= 15 is 0 Å². The second-order valence-corrected chi connectivity index (χ2v) is 4.33. The van der Waals surface area contributed by atoms with Gasteiger partial charge in [-0.2, -0.15) is 0 Å². The molecule has 0 aliphatic carbocycles. The maximum Gasteiger partial charge on any atom is 0.332 e. The van der Waals surface area contributed by atoms with Crippen LogP contribution < -0.4 is 0 Å². The van der Waals surface area contributed by atoms with Gasteiger partial charge in [0.25, 0.3) is 5.41 Å². The van der Waals surface area contributed by atoms with Crippen LogP contribution >= 0.6 is 0 Å². The van der Waals surface area contributed by atoms with Gasteiger partial charge in [-0.3, -0.25) is 19.2 Å². The fourth-order valence-corrected chi connectivity index (χ4v) is 1.66. The standard InChI is InChI=1S/C12H18O8/c1-8(13)20-7-5-3-2-4-6-12(9(14)15,10(16)17)11(18)19/h2-7H2,1H3,(H,14,15)(H,16,17)(H,18,19). The summed E-state index contributed by atoms with van der Waals surface area (Å²) >= 11 is 0. The maximum atomic E-state index is 10.9. The van der Waals surface area contributed by atoms with Gasteiger partial charge in [0.15, 0.2) is 0 Å². The highest BCUT2D eigenvalue weighted by molar-refractivity contribution is 6.16. The number of carboxylic acid groups (broad SMARTS) is 3. The Labute approximate surface area is 115 Å². The van der Waals surface area contributed by atoms with Crippen molar-refractivity contribution >= 4 is 23.9 Å². The largest absolute Gasteiger partial charge is 0.480 e. The molecule has 0 atom stereocenters. The summed E-state index contributed by atoms with van der Waals surface area (Å²) < 4.78 is 4.68. The Balaban J connectivity index is 4.24. The van der Waals surface area contributed by atoms with Crippen LogP contribution in [0.4, 0.5) is 0 Å². The van der Waals surface area contributed by atoms with E-state index in [0.29, 0.717) is 19.3 Å². The van der Waals surface area contributed by atoms with E-state index < -0.39 is 35.7 Å². The first kappa shape index (κ1) is 17.9. The van der Waals surface area contributed by atoms with Crippen molar-refractivity contribution in [3.8, 4) is 0 Å². The number of hydrogen-bond acceptors (Lipinski definition) is 5. The predicted molar refractivity (Wildman–Crippen MR) is 65.1 cm³/mol. The van der Waals surface area contributed by atoms with Gasteiger partial charge in [-0.1, -0.05) is 19.3 Å². The summed E-state index contributed by atoms with van der Waals surface area (Å²) in [7, 11) is 0. The maximum absolute atomic E-state index is 10.9. The Kier molecular flexibility index (Phi) is 7.27. The smallest absolute Gasteiger partial charge is 0.332 e. The van der Waals surface area contributed by atoms with Crippen LogP contribution in [0, 0.1) is 5.41 Å². The minimum atomic E-state index is -2.80. The van der Waals surface area contributed by atoms with Crippen LogP contribution in [0.15, 0.2) is 0 Å². The van der Waals surface area contributed by atoms with Gasteiger partial charge in [0.1, 0.15) is 0 Å². The minimum Gasteiger partial charge on any atom is -0.480 e. The van der Waals surface area contributed by atoms with E-state index in [-0.39, 0.29) is 13.0 Å². The molecule has 0 aromatic carbocycles. The molecule has 8 heteroatoms. The van der Waals surface area contributed by atoms with Crippen LogP contribution in [0.5, 0.6) is 0 Å². The summed E-state index contributed by atoms with van der Waals surface area (Å²) in [5.41, 5.74) is -2.80. The molecule has 0 rings (SSSR count). The molecule has 0 saturated carbocycles. The van der Waals surface area contributed by atoms with Crippen LogP contribution in [0.3, 0.4) is 0 Å². The van der Waals surface area contributed by atoms with E-state index in [1.807, 2.05) is 0 Å². The molecule has 20 heavy (non-hydrogen) atoms. The molecule has 0 saturated heterocycles. The third kappa shape index (κ3) is 4.87. The zero-order valence-corrected chi connectivity index (χ0v) is 11.1. The predicted octanol–water partition coefficient (Wildman–Crippen LogP) is 0.740. The van der Waals surface area contributed by atoms with Gasteiger partial charge in [-0.05, 0) is 12.8 Å². The van der Waals surface area contributed by atoms with Gasteiger partial charge in [0.2, 0.25) is 0 Å². The van der Waals surface area contributed by atoms with Gasteiger partial charge in [0, 0.05) is 6.92 Å². The fraction of sp³-hybridized carbons (Fsp3) is 0.667. The Morgan fingerprint density at radius 1 is 0.850 bits per heavy atom. The first-order chi connectivity index (χ1) is 9.25. The second-order valence-electron chi connectivity index (χ2n) is 4.33. The fourth-order valence-electron chi connectivity index (χ4n) is 1.66. The Morgan fingerprint density at radius 2 is 1.30 bits per heavy atom. The van der Waals surface area contributed by atoms with Crippen LogP contribution in [0.1, 0.15) is 39.0 Å². The Morgan fingerprint density at radius 3 is 1.70 bits per heavy atom. The summed E-state index contributed by atoms with van der Waals surface area (Å²) in [6.45, 7) is 1.51. The van der Waals surface area contributed by atoms with Crippen molar-refractivity contribution in [1.82, 2.24) is 0 Å². The third-order valence-electron chi connectivity index (χ3n) is 2.85. The Bertz CT molecular complexity index is 351. The Hall–Kier alpha value is -2.12. The molecule has 114 valence electrons. The number of unbranched alkanes of at least 4 members (excludes halogenated alkanes) is 3. The zero-order chi connectivity index (χ0) is 15.8. The third-order valence-corrected chi connectivity index (χ3v) is 2.85. The van der Waals surface area contributed by atoms with E-state index in [9.17, 15) is 19.2 Å². The van der Waals surface area contributed by atoms with E-state index in [1.54, 1.807) is 0 Å². The normalized spacial score (nSPS) is 10.8. The number of rotatable bonds is 10. The van der Waals surface area contributed by atoms with Crippen molar-refractivity contribution in [2.24, 2.45) is 5.41 Å². The monoisotopic (exact) mass is 290 g/mol. The average Bonchev–Trinajstić information content (AvgIpc) is 2.30. The molecule has 0 heterocycles. The highest BCUT2D eigenvalue weighted by Crippen LogP contribution is 2.27. The van der Waals surface area contributed by atoms with Gasteiger partial charge in [0.05, 0.1) is 6.61 Å². The van der Waals surface area contributed by atoms with Gasteiger partial charge in [-0.15, -0.1) is 0 Å². The lowest BCUT2D eigenvalue weighted by Crippen LogP contribution is -2.46. The first-order valence-electron chi connectivity index (χ1n) is 6.08. The molecule has 0 spiro atoms. The molecule has 3 N–H and O–H groups in total. The van der Waals surface area contributed by atoms with Crippen LogP contribution in [0.2, 0.25) is 0 Å². The highest BCUT2D eigenvalue weighted by atomic mass is 16.5. The topological polar surface area (TPSA) is 138 Å². The van der Waals surface area contributed by atoms with E-state index in [2.05, 4.69) is 4.74 Å². The van der Waals surface area contributed by atoms with Gasteiger partial charge in [-0.25, -0.2) is 0 Å². The lowest BCUT2D eigenvalue weighted by atomic mass is 9.82. The first-order valence-corrected chi connectivity index (χ1v) is 6.08. The van der Waals surface area contributed by atoms with E-state index in [0.717, 1.165) is 0 Å². The van der Waals surface area contributed by atoms with Crippen molar-refractivity contribution in [2.45, 2.75) is 39.0 Å². The molecule has 0 radical (unpaired) electrons. The molecule has 0 unspecified atom stereocenters. The van der Waals surface area contributed by atoms with Crippen molar-refractivity contribution in [3.05, 3.63) is 0 Å². The van der Waals surface area contributed by atoms with Crippen molar-refractivity contribution in [1.29, 1.82) is 0 Å². The molecule has 0 aromatic heterocycles. The molecule has 0 amide bonds. The molecule has 0 aliphatic heterocycles. The van der Waals surface area contributed by atoms with Crippen molar-refractivity contribution in [3.63, 3.8) is 0 Å². The summed E-state index contributed by atoms with van der Waals surface area (Å²) in [6, 6.07) is 0. The van der Waals surface area contributed by atoms with E-state index in [4.69, 9.17) is 15.3 Å². The van der Waals surface area contributed by atoms with Gasteiger partial charge >= 0.3 is 23.9 Å². The zero-order valence-electron chi connectivity index (χ0n) is 11.1. The lowest BCUT2D eigenvalue weighted by molar-refractivity contribution is -0.176. The number of hydrogen-bond donors (Lipinski definition) is 3. The summed E-state index contributed by atoms with van der Waals surface area (Å²) in [6.07, 6.45) is 1.25. The van der Waals surface area contributed by atoms with Crippen molar-refractivity contribution in [2.75, 3.05) is 6.61 Å². The molecular weight excluding hydrogens is 272 g/mol. The quantitative estimate of drug-likeness (QED) is 0.304. The molecule has 0 aromatic rings. The molecule has 0 aliphatic rings. The number of carboxylic acids is 3. The van der Waals surface area contributed by atoms with Crippen LogP contribution in [-0.4, -0.2) is 45.8 Å². The number of carbonyl (C=O) groups is 4. The number of ether oxygens (including phenoxy) is 1. The average molecular weight is 290 g/mol. The van der Waals surface area contributed by atoms with Crippen molar-refractivity contribution < 1.29 is 39.2 Å². The van der Waals surface area contributed by atoms with Gasteiger partial charge < -0.3 is 20.1 Å². The summed E-state index contributed by atoms with van der Waals surface area (Å²) in [4.78, 5) is 43.3. The number of esters is 1. The molecular formula is C12H18O8. The second kappa shape index (κ2) is 8.13. The number of carbonyl (C=O) groups excluding carboxylic acids is 1. The van der Waals surface area contributed by atoms with Crippen LogP contribution in [0.25, 0.3) is 0 Å². The SMILES string of the molecule is CC(=O)OCCCCCCC(C(=O)O)(C(=O)O)C(=O)O. The van der Waals surface area contributed by atoms with E-state index in [1.165, 1.54) is 6.92 Å². The summed E-state index contributed by atoms with van der Waals surface area (Å²) in [5.74, 6) is -6.03. The van der Waals surface area contributed by atoms with Crippen LogP contribution in [-0.2, 0) is 23.9 Å². The molecule has 0 fully saturated rings. The number of aliphatic carboxylic acids is 3. The molecule has 8 nitrogen and oxygen atoms in total. The minimum absolute atomic E-state index is 0.144. The molecule has 0 bridgehead atoms. The summed E-state index contributed by atoms with van der Waals surface area (Å²) in [5, 5.41) is 26.5. The lowest BCUT2D eigenvalue weighted by Gasteiger charge is -2.19. The highest BCUT2D eigenvalue weighted by Gasteiger charge is 2.53.